The fourth-order valence-electron chi connectivity index (χ4n) is 2.16. The summed E-state index contributed by atoms with van der Waals surface area (Å²) >= 11 is 6.09. The summed E-state index contributed by atoms with van der Waals surface area (Å²) in [6, 6.07) is 8.96. The van der Waals surface area contributed by atoms with Gasteiger partial charge >= 0.3 is 0 Å². The Balaban J connectivity index is 2.06. The van der Waals surface area contributed by atoms with E-state index in [1.165, 1.54) is 11.8 Å². The average Bonchev–Trinajstić information content (AvgIpc) is 2.54. The quantitative estimate of drug-likeness (QED) is 0.916. The molecule has 1 N–H and O–H groups in total. The molecule has 2 aromatic rings. The number of hydrogen-bond acceptors (Lipinski definition) is 3. The number of nitrogens with zero attached hydrogens (tertiary/aromatic N) is 2. The van der Waals surface area contributed by atoms with Crippen LogP contribution in [-0.2, 0) is 16.1 Å². The number of nitrogens with one attached hydrogen (secondary N) is 1. The van der Waals surface area contributed by atoms with E-state index in [0.717, 1.165) is 11.1 Å². The summed E-state index contributed by atoms with van der Waals surface area (Å²) in [6.07, 6.45) is 3.36. The Kier molecular flexibility index (Phi) is 5.71. The first-order valence-electron chi connectivity index (χ1n) is 7.18. The molecule has 2 rings (SSSR count). The summed E-state index contributed by atoms with van der Waals surface area (Å²) in [5.41, 5.74) is 2.31. The fraction of sp³-hybridized carbons (Fsp3) is 0.235. The molecule has 0 fully saturated rings. The highest BCUT2D eigenvalue weighted by molar-refractivity contribution is 6.31. The number of hydrogen-bond donors (Lipinski definition) is 1. The van der Waals surface area contributed by atoms with Crippen molar-refractivity contribution < 1.29 is 9.59 Å². The highest BCUT2D eigenvalue weighted by Crippen LogP contribution is 2.26. The van der Waals surface area contributed by atoms with Gasteiger partial charge in [-0.3, -0.25) is 14.6 Å². The van der Waals surface area contributed by atoms with Crippen molar-refractivity contribution in [1.82, 2.24) is 10.3 Å². The van der Waals surface area contributed by atoms with E-state index in [-0.39, 0.29) is 18.4 Å². The first kappa shape index (κ1) is 17.0. The summed E-state index contributed by atoms with van der Waals surface area (Å²) in [5, 5.41) is 3.34. The number of carbonyl (C=O) groups excluding carboxylic acids is 2. The van der Waals surface area contributed by atoms with E-state index < -0.39 is 0 Å². The molecule has 2 amide bonds. The first-order valence-corrected chi connectivity index (χ1v) is 7.55. The van der Waals surface area contributed by atoms with E-state index in [2.05, 4.69) is 10.3 Å². The highest BCUT2D eigenvalue weighted by atomic mass is 35.5. The van der Waals surface area contributed by atoms with Gasteiger partial charge in [-0.1, -0.05) is 23.7 Å². The van der Waals surface area contributed by atoms with E-state index >= 15 is 0 Å². The first-order chi connectivity index (χ1) is 11.0. The van der Waals surface area contributed by atoms with Gasteiger partial charge in [-0.15, -0.1) is 0 Å². The van der Waals surface area contributed by atoms with Crippen LogP contribution >= 0.6 is 11.6 Å². The molecule has 0 aliphatic carbocycles. The van der Waals surface area contributed by atoms with Crippen LogP contribution in [0.4, 0.5) is 5.69 Å². The number of pyridine rings is 1. The minimum Gasteiger partial charge on any atom is -0.350 e. The molecular weight excluding hydrogens is 314 g/mol. The standard InChI is InChI=1S/C17H18ClN3O2/c1-12-15(18)6-3-7-16(12)21(13(2)22)11-17(23)20-10-14-5-4-8-19-9-14/h3-9H,10-11H2,1-2H3,(H,20,23). The van der Waals surface area contributed by atoms with Crippen LogP contribution in [0.15, 0.2) is 42.7 Å². The predicted octanol–water partition coefficient (Wildman–Crippen LogP) is 2.71. The second-order valence-corrected chi connectivity index (χ2v) is 5.53. The normalized spacial score (nSPS) is 10.2. The van der Waals surface area contributed by atoms with Gasteiger partial charge in [0, 0.05) is 36.6 Å². The number of anilines is 1. The average molecular weight is 332 g/mol. The van der Waals surface area contributed by atoms with Crippen molar-refractivity contribution in [1.29, 1.82) is 0 Å². The molecular formula is C17H18ClN3O2. The highest BCUT2D eigenvalue weighted by Gasteiger charge is 2.18. The number of carbonyl (C=O) groups is 2. The number of halogens is 1. The molecule has 1 heterocycles. The molecule has 120 valence electrons. The van der Waals surface area contributed by atoms with Crippen molar-refractivity contribution in [3.05, 3.63) is 58.9 Å². The molecule has 0 aliphatic heterocycles. The Labute approximate surface area is 140 Å². The van der Waals surface area contributed by atoms with Crippen LogP contribution in [-0.4, -0.2) is 23.3 Å². The Morgan fingerprint density at radius 3 is 2.70 bits per heavy atom. The topological polar surface area (TPSA) is 62.3 Å². The summed E-state index contributed by atoms with van der Waals surface area (Å²) in [5.74, 6) is -0.463. The van der Waals surface area contributed by atoms with Crippen LogP contribution in [0.2, 0.25) is 5.02 Å². The third-order valence-corrected chi connectivity index (χ3v) is 3.83. The molecule has 0 aliphatic rings. The van der Waals surface area contributed by atoms with Gasteiger partial charge < -0.3 is 10.2 Å². The zero-order valence-electron chi connectivity index (χ0n) is 13.0. The molecule has 23 heavy (non-hydrogen) atoms. The summed E-state index contributed by atoms with van der Waals surface area (Å²) in [6.45, 7) is 3.56. The van der Waals surface area contributed by atoms with Crippen LogP contribution in [0.25, 0.3) is 0 Å². The maximum atomic E-state index is 12.1. The second kappa shape index (κ2) is 7.74. The van der Waals surface area contributed by atoms with Crippen molar-refractivity contribution >= 4 is 29.1 Å². The Morgan fingerprint density at radius 1 is 1.26 bits per heavy atom. The van der Waals surface area contributed by atoms with Crippen molar-refractivity contribution in [2.45, 2.75) is 20.4 Å². The third-order valence-electron chi connectivity index (χ3n) is 3.42. The van der Waals surface area contributed by atoms with Crippen molar-refractivity contribution in [3.8, 4) is 0 Å². The van der Waals surface area contributed by atoms with E-state index in [1.54, 1.807) is 36.7 Å². The second-order valence-electron chi connectivity index (χ2n) is 5.13. The lowest BCUT2D eigenvalue weighted by molar-refractivity contribution is -0.123. The fourth-order valence-corrected chi connectivity index (χ4v) is 2.33. The van der Waals surface area contributed by atoms with E-state index in [4.69, 9.17) is 11.6 Å². The van der Waals surface area contributed by atoms with E-state index in [0.29, 0.717) is 17.3 Å². The molecule has 5 nitrogen and oxygen atoms in total. The number of rotatable bonds is 5. The van der Waals surface area contributed by atoms with Crippen molar-refractivity contribution in [3.63, 3.8) is 0 Å². The van der Waals surface area contributed by atoms with Crippen LogP contribution < -0.4 is 10.2 Å². The largest absolute Gasteiger partial charge is 0.350 e. The maximum Gasteiger partial charge on any atom is 0.240 e. The van der Waals surface area contributed by atoms with Gasteiger partial charge in [-0.25, -0.2) is 0 Å². The third kappa shape index (κ3) is 4.53. The van der Waals surface area contributed by atoms with Gasteiger partial charge in [0.25, 0.3) is 0 Å². The molecule has 0 saturated carbocycles. The van der Waals surface area contributed by atoms with Crippen LogP contribution in [0.3, 0.4) is 0 Å². The maximum absolute atomic E-state index is 12.1. The molecule has 0 spiro atoms. The molecule has 0 unspecified atom stereocenters. The van der Waals surface area contributed by atoms with Gasteiger partial charge in [0.1, 0.15) is 6.54 Å². The van der Waals surface area contributed by atoms with Crippen molar-refractivity contribution in [2.24, 2.45) is 0 Å². The van der Waals surface area contributed by atoms with Gasteiger partial charge in [0.2, 0.25) is 11.8 Å². The Hall–Kier alpha value is -2.40. The molecule has 0 saturated heterocycles. The smallest absolute Gasteiger partial charge is 0.240 e. The zero-order valence-corrected chi connectivity index (χ0v) is 13.8. The lowest BCUT2D eigenvalue weighted by Crippen LogP contribution is -2.40. The molecule has 1 aromatic heterocycles. The molecule has 0 radical (unpaired) electrons. The SMILES string of the molecule is CC(=O)N(CC(=O)NCc1cccnc1)c1cccc(Cl)c1C. The lowest BCUT2D eigenvalue weighted by Gasteiger charge is -2.23. The number of aromatic nitrogens is 1. The number of benzene rings is 1. The van der Waals surface area contributed by atoms with E-state index in [9.17, 15) is 9.59 Å². The summed E-state index contributed by atoms with van der Waals surface area (Å²) < 4.78 is 0. The van der Waals surface area contributed by atoms with Crippen LogP contribution in [0.1, 0.15) is 18.1 Å². The molecule has 0 atom stereocenters. The zero-order chi connectivity index (χ0) is 16.8. The lowest BCUT2D eigenvalue weighted by atomic mass is 10.1. The van der Waals surface area contributed by atoms with Gasteiger partial charge in [-0.05, 0) is 36.2 Å². The molecule has 6 heteroatoms. The Morgan fingerprint density at radius 2 is 2.04 bits per heavy atom. The number of amides is 2. The predicted molar refractivity (Wildman–Crippen MR) is 90.3 cm³/mol. The summed E-state index contributed by atoms with van der Waals surface area (Å²) in [4.78, 5) is 29.5. The monoisotopic (exact) mass is 331 g/mol. The molecule has 0 bridgehead atoms. The van der Waals surface area contributed by atoms with Gasteiger partial charge in [0.05, 0.1) is 0 Å². The summed E-state index contributed by atoms with van der Waals surface area (Å²) in [7, 11) is 0. The van der Waals surface area contributed by atoms with E-state index in [1.807, 2.05) is 13.0 Å². The van der Waals surface area contributed by atoms with Gasteiger partial charge in [-0.2, -0.15) is 0 Å². The van der Waals surface area contributed by atoms with Gasteiger partial charge in [0.15, 0.2) is 0 Å². The van der Waals surface area contributed by atoms with Crippen LogP contribution in [0.5, 0.6) is 0 Å². The molecule has 1 aromatic carbocycles. The Bertz CT molecular complexity index is 704. The van der Waals surface area contributed by atoms with Crippen molar-refractivity contribution in [2.75, 3.05) is 11.4 Å². The minimum atomic E-state index is -0.247. The minimum absolute atomic E-state index is 0.0588. The van der Waals surface area contributed by atoms with Crippen LogP contribution in [0, 0.1) is 6.92 Å².